The van der Waals surface area contributed by atoms with Crippen molar-refractivity contribution in [3.05, 3.63) is 83.9 Å². The van der Waals surface area contributed by atoms with E-state index in [4.69, 9.17) is 4.74 Å². The lowest BCUT2D eigenvalue weighted by atomic mass is 10.0. The molecule has 31 heavy (non-hydrogen) atoms. The summed E-state index contributed by atoms with van der Waals surface area (Å²) in [6.45, 7) is 6.50. The molecule has 162 valence electrons. The van der Waals surface area contributed by atoms with Crippen LogP contribution in [0, 0.1) is 17.7 Å². The first kappa shape index (κ1) is 20.3. The second-order valence-corrected chi connectivity index (χ2v) is 9.26. The van der Waals surface area contributed by atoms with Gasteiger partial charge in [0.15, 0.2) is 0 Å². The molecule has 1 aliphatic heterocycles. The number of hydrogen-bond donors (Lipinski definition) is 0. The number of nitrogens with zero attached hydrogens (tertiary/aromatic N) is 3. The molecule has 1 aromatic heterocycles. The van der Waals surface area contributed by atoms with Gasteiger partial charge in [0.2, 0.25) is 0 Å². The normalized spacial score (nSPS) is 24.3. The van der Waals surface area contributed by atoms with Crippen LogP contribution in [0.5, 0.6) is 5.75 Å². The Morgan fingerprint density at radius 1 is 1.03 bits per heavy atom. The average molecular weight is 420 g/mol. The summed E-state index contributed by atoms with van der Waals surface area (Å²) in [5, 5.41) is 4.58. The molecule has 0 N–H and O–H groups in total. The molecule has 2 heterocycles. The summed E-state index contributed by atoms with van der Waals surface area (Å²) in [5.41, 5.74) is 2.58. The molecule has 5 rings (SSSR count). The van der Waals surface area contributed by atoms with Crippen LogP contribution in [0.25, 0.3) is 0 Å². The Labute approximate surface area is 183 Å². The molecular weight excluding hydrogens is 389 g/mol. The summed E-state index contributed by atoms with van der Waals surface area (Å²) < 4.78 is 21.2. The highest BCUT2D eigenvalue weighted by Crippen LogP contribution is 2.40. The van der Waals surface area contributed by atoms with Gasteiger partial charge in [-0.2, -0.15) is 5.10 Å². The van der Waals surface area contributed by atoms with Crippen molar-refractivity contribution >= 4 is 0 Å². The first-order valence-corrected chi connectivity index (χ1v) is 11.3. The summed E-state index contributed by atoms with van der Waals surface area (Å²) >= 11 is 0. The van der Waals surface area contributed by atoms with Gasteiger partial charge in [-0.25, -0.2) is 4.39 Å². The van der Waals surface area contributed by atoms with Crippen LogP contribution < -0.4 is 4.74 Å². The Morgan fingerprint density at radius 3 is 2.45 bits per heavy atom. The van der Waals surface area contributed by atoms with Crippen molar-refractivity contribution in [3.63, 3.8) is 0 Å². The number of likely N-dealkylation sites (tertiary alicyclic amines) is 1. The van der Waals surface area contributed by atoms with E-state index < -0.39 is 0 Å². The van der Waals surface area contributed by atoms with E-state index in [9.17, 15) is 4.39 Å². The SMILES string of the molecule is CC(CN1C[C@H]2C[C@H](Oc3ccc(F)cc3)C[C@H]2C1)c1cnn(Cc2ccccc2)c1. The van der Waals surface area contributed by atoms with Gasteiger partial charge in [-0.3, -0.25) is 4.68 Å². The molecule has 3 aromatic rings. The number of fused-ring (bicyclic) bond motifs is 1. The maximum Gasteiger partial charge on any atom is 0.123 e. The Bertz CT molecular complexity index is 973. The van der Waals surface area contributed by atoms with Crippen molar-refractivity contribution < 1.29 is 9.13 Å². The van der Waals surface area contributed by atoms with Crippen LogP contribution >= 0.6 is 0 Å². The predicted molar refractivity (Wildman–Crippen MR) is 120 cm³/mol. The molecule has 0 bridgehead atoms. The van der Waals surface area contributed by atoms with Crippen LogP contribution in [-0.4, -0.2) is 40.4 Å². The van der Waals surface area contributed by atoms with Crippen molar-refractivity contribution in [2.75, 3.05) is 19.6 Å². The van der Waals surface area contributed by atoms with Gasteiger partial charge in [0.05, 0.1) is 18.8 Å². The van der Waals surface area contributed by atoms with E-state index >= 15 is 0 Å². The van der Waals surface area contributed by atoms with E-state index in [0.29, 0.717) is 17.8 Å². The molecule has 4 atom stereocenters. The lowest BCUT2D eigenvalue weighted by Gasteiger charge is -2.22. The fourth-order valence-corrected chi connectivity index (χ4v) is 5.28. The van der Waals surface area contributed by atoms with E-state index in [1.165, 1.54) is 23.3 Å². The second-order valence-electron chi connectivity index (χ2n) is 9.26. The summed E-state index contributed by atoms with van der Waals surface area (Å²) in [6, 6.07) is 16.9. The zero-order valence-electron chi connectivity index (χ0n) is 18.0. The number of rotatable bonds is 7. The number of ether oxygens (including phenoxy) is 1. The third-order valence-electron chi connectivity index (χ3n) is 6.84. The zero-order valence-corrected chi connectivity index (χ0v) is 18.0. The number of benzene rings is 2. The molecule has 2 fully saturated rings. The monoisotopic (exact) mass is 419 g/mol. The second kappa shape index (κ2) is 8.83. The Balaban J connectivity index is 1.11. The summed E-state index contributed by atoms with van der Waals surface area (Å²) in [7, 11) is 0. The van der Waals surface area contributed by atoms with Crippen molar-refractivity contribution in [1.82, 2.24) is 14.7 Å². The lowest BCUT2D eigenvalue weighted by Crippen LogP contribution is -2.28. The van der Waals surface area contributed by atoms with Crippen LogP contribution in [0.3, 0.4) is 0 Å². The molecule has 4 nitrogen and oxygen atoms in total. The molecule has 2 aromatic carbocycles. The molecule has 2 aliphatic rings. The maximum atomic E-state index is 13.1. The van der Waals surface area contributed by atoms with Gasteiger partial charge in [0.1, 0.15) is 11.6 Å². The van der Waals surface area contributed by atoms with Gasteiger partial charge in [-0.1, -0.05) is 37.3 Å². The van der Waals surface area contributed by atoms with Crippen molar-refractivity contribution in [2.45, 2.75) is 38.3 Å². The van der Waals surface area contributed by atoms with E-state index in [1.54, 1.807) is 12.1 Å². The minimum atomic E-state index is -0.217. The van der Waals surface area contributed by atoms with Gasteiger partial charge in [0.25, 0.3) is 0 Å². The Kier molecular flexibility index (Phi) is 5.77. The first-order chi connectivity index (χ1) is 15.1. The molecule has 1 saturated heterocycles. The maximum absolute atomic E-state index is 13.1. The quantitative estimate of drug-likeness (QED) is 0.542. The van der Waals surface area contributed by atoms with Crippen LogP contribution in [0.4, 0.5) is 4.39 Å². The summed E-state index contributed by atoms with van der Waals surface area (Å²) in [6.07, 6.45) is 6.68. The van der Waals surface area contributed by atoms with Gasteiger partial charge < -0.3 is 9.64 Å². The molecule has 1 aliphatic carbocycles. The minimum absolute atomic E-state index is 0.217. The smallest absolute Gasteiger partial charge is 0.123 e. The minimum Gasteiger partial charge on any atom is -0.490 e. The third-order valence-corrected chi connectivity index (χ3v) is 6.84. The zero-order chi connectivity index (χ0) is 21.2. The average Bonchev–Trinajstić information content (AvgIpc) is 3.46. The van der Waals surface area contributed by atoms with Crippen LogP contribution in [0.2, 0.25) is 0 Å². The standard InChI is InChI=1S/C26H30FN3O/c1-19(23-13-28-30(18-23)15-20-5-3-2-4-6-20)14-29-16-21-11-26(12-22(21)17-29)31-25-9-7-24(27)8-10-25/h2-10,13,18-19,21-22,26H,11-12,14-17H2,1H3/t19?,21-,22+,26+. The van der Waals surface area contributed by atoms with E-state index in [1.807, 2.05) is 16.9 Å². The molecule has 5 heteroatoms. The van der Waals surface area contributed by atoms with E-state index in [2.05, 4.69) is 47.4 Å². The molecule has 0 spiro atoms. The number of hydrogen-bond acceptors (Lipinski definition) is 3. The first-order valence-electron chi connectivity index (χ1n) is 11.3. The number of halogens is 1. The number of aromatic nitrogens is 2. The summed E-state index contributed by atoms with van der Waals surface area (Å²) in [5.74, 6) is 2.45. The predicted octanol–water partition coefficient (Wildman–Crippen LogP) is 4.96. The molecule has 0 amide bonds. The van der Waals surface area contributed by atoms with Crippen LogP contribution in [0.15, 0.2) is 67.0 Å². The Hall–Kier alpha value is -2.66. The molecular formula is C26H30FN3O. The van der Waals surface area contributed by atoms with E-state index in [0.717, 1.165) is 44.8 Å². The molecule has 1 saturated carbocycles. The highest BCUT2D eigenvalue weighted by Gasteiger charge is 2.42. The van der Waals surface area contributed by atoms with Gasteiger partial charge in [-0.15, -0.1) is 0 Å². The molecule has 1 unspecified atom stereocenters. The van der Waals surface area contributed by atoms with Gasteiger partial charge in [-0.05, 0) is 66.0 Å². The van der Waals surface area contributed by atoms with Crippen molar-refractivity contribution in [1.29, 1.82) is 0 Å². The molecule has 0 radical (unpaired) electrons. The largest absolute Gasteiger partial charge is 0.490 e. The Morgan fingerprint density at radius 2 is 1.74 bits per heavy atom. The van der Waals surface area contributed by atoms with Gasteiger partial charge >= 0.3 is 0 Å². The fraction of sp³-hybridized carbons (Fsp3) is 0.423. The summed E-state index contributed by atoms with van der Waals surface area (Å²) in [4.78, 5) is 2.61. The lowest BCUT2D eigenvalue weighted by molar-refractivity contribution is 0.184. The third kappa shape index (κ3) is 4.82. The van der Waals surface area contributed by atoms with Gasteiger partial charge in [0, 0.05) is 25.8 Å². The van der Waals surface area contributed by atoms with Crippen molar-refractivity contribution in [3.8, 4) is 5.75 Å². The van der Waals surface area contributed by atoms with Crippen LogP contribution in [-0.2, 0) is 6.54 Å². The van der Waals surface area contributed by atoms with E-state index in [-0.39, 0.29) is 11.9 Å². The highest BCUT2D eigenvalue weighted by atomic mass is 19.1. The highest BCUT2D eigenvalue weighted by molar-refractivity contribution is 5.23. The fourth-order valence-electron chi connectivity index (χ4n) is 5.28. The topological polar surface area (TPSA) is 30.3 Å². The van der Waals surface area contributed by atoms with Crippen LogP contribution in [0.1, 0.15) is 36.8 Å². The van der Waals surface area contributed by atoms with Crippen molar-refractivity contribution in [2.24, 2.45) is 11.8 Å².